The number of hydrogen-bond acceptors (Lipinski definition) is 1. The minimum absolute atomic E-state index is 0.102. The van der Waals surface area contributed by atoms with E-state index in [0.29, 0.717) is 25.9 Å². The van der Waals surface area contributed by atoms with Crippen LogP contribution in [0.2, 0.25) is 0 Å². The Morgan fingerprint density at radius 3 is 2.00 bits per heavy atom. The highest BCUT2D eigenvalue weighted by Crippen LogP contribution is 2.31. The predicted octanol–water partition coefficient (Wildman–Crippen LogP) is 3.22. The number of carbonyl (C=O) groups excluding carboxylic acids is 1. The average Bonchev–Trinajstić information content (AvgIpc) is 2.18. The van der Waals surface area contributed by atoms with E-state index in [1.54, 1.807) is 13.8 Å². The van der Waals surface area contributed by atoms with Crippen LogP contribution in [0, 0.1) is 5.92 Å². The van der Waals surface area contributed by atoms with Crippen LogP contribution >= 0.6 is 0 Å². The van der Waals surface area contributed by atoms with Gasteiger partial charge in [0, 0.05) is 13.1 Å². The molecule has 0 saturated heterocycles. The maximum absolute atomic E-state index is 12.7. The minimum atomic E-state index is -4.42. The van der Waals surface area contributed by atoms with Gasteiger partial charge in [-0.2, -0.15) is 13.2 Å². The first kappa shape index (κ1) is 15.3. The van der Waals surface area contributed by atoms with Crippen LogP contribution in [0.5, 0.6) is 0 Å². The molecule has 0 bridgehead atoms. The molecule has 0 N–H and O–H groups in total. The summed E-state index contributed by atoms with van der Waals surface area (Å²) >= 11 is 0. The second-order valence-corrected chi connectivity index (χ2v) is 3.75. The van der Waals surface area contributed by atoms with Gasteiger partial charge in [-0.05, 0) is 20.3 Å². The van der Waals surface area contributed by atoms with Crippen molar-refractivity contribution in [1.82, 2.24) is 4.90 Å². The van der Waals surface area contributed by atoms with E-state index in [-0.39, 0.29) is 6.42 Å². The Hall–Kier alpha value is -0.740. The van der Waals surface area contributed by atoms with Crippen molar-refractivity contribution in [2.24, 2.45) is 5.92 Å². The number of unbranched alkanes of at least 4 members (excludes halogenated alkanes) is 1. The van der Waals surface area contributed by atoms with E-state index >= 15 is 0 Å². The fourth-order valence-corrected chi connectivity index (χ4v) is 1.59. The van der Waals surface area contributed by atoms with Crippen molar-refractivity contribution >= 4 is 5.91 Å². The van der Waals surface area contributed by atoms with Gasteiger partial charge in [0.1, 0.15) is 5.92 Å². The second-order valence-electron chi connectivity index (χ2n) is 3.75. The summed E-state index contributed by atoms with van der Waals surface area (Å²) in [5.74, 6) is -2.61. The van der Waals surface area contributed by atoms with Gasteiger partial charge in [0.15, 0.2) is 0 Å². The zero-order valence-corrected chi connectivity index (χ0v) is 10.1. The third-order valence-electron chi connectivity index (χ3n) is 2.61. The van der Waals surface area contributed by atoms with Crippen molar-refractivity contribution in [3.8, 4) is 0 Å². The summed E-state index contributed by atoms with van der Waals surface area (Å²) in [5, 5.41) is 0. The first-order valence-corrected chi connectivity index (χ1v) is 5.73. The summed E-state index contributed by atoms with van der Waals surface area (Å²) in [6.07, 6.45) is -3.43. The number of hydrogen-bond donors (Lipinski definition) is 0. The number of rotatable bonds is 6. The molecule has 0 aromatic rings. The molecule has 0 aliphatic heterocycles. The fraction of sp³-hybridized carbons (Fsp3) is 0.909. The van der Waals surface area contributed by atoms with Crippen LogP contribution in [0.4, 0.5) is 13.2 Å². The van der Waals surface area contributed by atoms with E-state index in [0.717, 1.165) is 0 Å². The van der Waals surface area contributed by atoms with Crippen LogP contribution in [-0.2, 0) is 4.79 Å². The van der Waals surface area contributed by atoms with Gasteiger partial charge < -0.3 is 4.90 Å². The molecule has 0 aromatic heterocycles. The van der Waals surface area contributed by atoms with Gasteiger partial charge in [0.25, 0.3) is 0 Å². The molecule has 0 aliphatic rings. The molecule has 0 saturated carbocycles. The van der Waals surface area contributed by atoms with Crippen LogP contribution in [0.15, 0.2) is 0 Å². The third-order valence-corrected chi connectivity index (χ3v) is 2.61. The molecule has 0 fully saturated rings. The quantitative estimate of drug-likeness (QED) is 0.697. The molecule has 0 radical (unpaired) electrons. The van der Waals surface area contributed by atoms with Gasteiger partial charge in [0.2, 0.25) is 5.91 Å². The van der Waals surface area contributed by atoms with Crippen molar-refractivity contribution in [2.75, 3.05) is 13.1 Å². The normalized spacial score (nSPS) is 13.6. The van der Waals surface area contributed by atoms with Gasteiger partial charge >= 0.3 is 6.18 Å². The Morgan fingerprint density at radius 1 is 1.19 bits per heavy atom. The highest BCUT2D eigenvalue weighted by molar-refractivity contribution is 5.79. The summed E-state index contributed by atoms with van der Waals surface area (Å²) in [6, 6.07) is 0. The number of amides is 1. The lowest BCUT2D eigenvalue weighted by Crippen LogP contribution is -2.42. The molecule has 0 heterocycles. The molecule has 0 rings (SSSR count). The average molecular weight is 239 g/mol. The third kappa shape index (κ3) is 4.41. The zero-order valence-electron chi connectivity index (χ0n) is 10.1. The molecular formula is C11H20F3NO. The van der Waals surface area contributed by atoms with Crippen molar-refractivity contribution < 1.29 is 18.0 Å². The Kier molecular flexibility index (Phi) is 6.45. The number of halogens is 3. The van der Waals surface area contributed by atoms with Crippen LogP contribution in [0.3, 0.4) is 0 Å². The van der Waals surface area contributed by atoms with E-state index in [1.165, 1.54) is 4.90 Å². The lowest BCUT2D eigenvalue weighted by molar-refractivity contribution is -0.190. The molecule has 96 valence electrons. The van der Waals surface area contributed by atoms with Crippen molar-refractivity contribution in [3.05, 3.63) is 0 Å². The molecule has 5 heteroatoms. The molecule has 0 aliphatic carbocycles. The molecule has 1 unspecified atom stereocenters. The summed E-state index contributed by atoms with van der Waals surface area (Å²) in [4.78, 5) is 12.9. The van der Waals surface area contributed by atoms with Crippen molar-refractivity contribution in [3.63, 3.8) is 0 Å². The summed E-state index contributed by atoms with van der Waals surface area (Å²) in [5.41, 5.74) is 0. The predicted molar refractivity (Wildman–Crippen MR) is 57.0 cm³/mol. The SMILES string of the molecule is CCCCC(C(=O)N(CC)CC)C(F)(F)F. The smallest absolute Gasteiger partial charge is 0.343 e. The van der Waals surface area contributed by atoms with Gasteiger partial charge in [-0.3, -0.25) is 4.79 Å². The van der Waals surface area contributed by atoms with Crippen molar-refractivity contribution in [1.29, 1.82) is 0 Å². The van der Waals surface area contributed by atoms with E-state index in [1.807, 2.05) is 6.92 Å². The van der Waals surface area contributed by atoms with Gasteiger partial charge in [-0.15, -0.1) is 0 Å². The summed E-state index contributed by atoms with van der Waals surface area (Å²) < 4.78 is 38.0. The maximum Gasteiger partial charge on any atom is 0.400 e. The zero-order chi connectivity index (χ0) is 12.8. The Morgan fingerprint density at radius 2 is 1.69 bits per heavy atom. The highest BCUT2D eigenvalue weighted by Gasteiger charge is 2.45. The maximum atomic E-state index is 12.7. The highest BCUT2D eigenvalue weighted by atomic mass is 19.4. The van der Waals surface area contributed by atoms with Gasteiger partial charge in [-0.1, -0.05) is 19.8 Å². The largest absolute Gasteiger partial charge is 0.400 e. The fourth-order valence-electron chi connectivity index (χ4n) is 1.59. The van der Waals surface area contributed by atoms with Gasteiger partial charge in [0.05, 0.1) is 0 Å². The summed E-state index contributed by atoms with van der Waals surface area (Å²) in [7, 11) is 0. The second kappa shape index (κ2) is 6.76. The van der Waals surface area contributed by atoms with E-state index in [4.69, 9.17) is 0 Å². The van der Waals surface area contributed by atoms with E-state index in [9.17, 15) is 18.0 Å². The van der Waals surface area contributed by atoms with Crippen LogP contribution in [0.1, 0.15) is 40.0 Å². The molecule has 1 atom stereocenters. The van der Waals surface area contributed by atoms with Crippen LogP contribution < -0.4 is 0 Å². The molecule has 0 aromatic carbocycles. The van der Waals surface area contributed by atoms with E-state index in [2.05, 4.69) is 0 Å². The Labute approximate surface area is 94.8 Å². The molecular weight excluding hydrogens is 219 g/mol. The summed E-state index contributed by atoms with van der Waals surface area (Å²) in [6.45, 7) is 5.85. The standard InChI is InChI=1S/C11H20F3NO/c1-4-7-8-9(11(12,13)14)10(16)15(5-2)6-3/h9H,4-8H2,1-3H3. The first-order chi connectivity index (χ1) is 7.38. The van der Waals surface area contributed by atoms with Gasteiger partial charge in [-0.25, -0.2) is 0 Å². The molecule has 0 spiro atoms. The number of carbonyl (C=O) groups is 1. The van der Waals surface area contributed by atoms with Crippen molar-refractivity contribution in [2.45, 2.75) is 46.2 Å². The van der Waals surface area contributed by atoms with E-state index < -0.39 is 18.0 Å². The number of nitrogens with zero attached hydrogens (tertiary/aromatic N) is 1. The Balaban J connectivity index is 4.68. The van der Waals surface area contributed by atoms with Crippen LogP contribution in [-0.4, -0.2) is 30.1 Å². The lowest BCUT2D eigenvalue weighted by Gasteiger charge is -2.26. The Bertz CT molecular complexity index is 212. The van der Waals surface area contributed by atoms with Crippen LogP contribution in [0.25, 0.3) is 0 Å². The molecule has 2 nitrogen and oxygen atoms in total. The first-order valence-electron chi connectivity index (χ1n) is 5.73. The lowest BCUT2D eigenvalue weighted by atomic mass is 10.00. The monoisotopic (exact) mass is 239 g/mol. The topological polar surface area (TPSA) is 20.3 Å². The molecule has 1 amide bonds. The molecule has 16 heavy (non-hydrogen) atoms. The number of alkyl halides is 3. The minimum Gasteiger partial charge on any atom is -0.343 e.